The van der Waals surface area contributed by atoms with Crippen LogP contribution in [0.25, 0.3) is 11.0 Å². The molecule has 1 amide bonds. The first kappa shape index (κ1) is 14.6. The van der Waals surface area contributed by atoms with E-state index in [-0.39, 0.29) is 5.91 Å². The van der Waals surface area contributed by atoms with Gasteiger partial charge in [-0.25, -0.2) is 9.97 Å². The number of carbonyl (C=O) groups is 1. The molecule has 0 atom stereocenters. The summed E-state index contributed by atoms with van der Waals surface area (Å²) >= 11 is 0. The molecular weight excluding hydrogens is 290 g/mol. The normalized spacial score (nSPS) is 10.2. The molecule has 0 aliphatic heterocycles. The summed E-state index contributed by atoms with van der Waals surface area (Å²) in [4.78, 5) is 20.0. The summed E-state index contributed by atoms with van der Waals surface area (Å²) in [6.45, 7) is 3.44. The molecular formula is C17H15N5O. The van der Waals surface area contributed by atoms with Crippen molar-refractivity contribution in [2.45, 2.75) is 0 Å². The first-order valence-corrected chi connectivity index (χ1v) is 6.95. The lowest BCUT2D eigenvalue weighted by molar-refractivity contribution is -0.111. The zero-order chi connectivity index (χ0) is 16.4. The second-order valence-electron chi connectivity index (χ2n) is 5.12. The van der Waals surface area contributed by atoms with Gasteiger partial charge in [0.1, 0.15) is 11.3 Å². The van der Waals surface area contributed by atoms with Gasteiger partial charge in [-0.3, -0.25) is 4.79 Å². The molecule has 0 saturated heterocycles. The lowest BCUT2D eigenvalue weighted by Crippen LogP contribution is -2.07. The number of aromatic nitrogens is 4. The van der Waals surface area contributed by atoms with Crippen LogP contribution in [0.3, 0.4) is 0 Å². The number of carbonyl (C=O) groups excluding carboxylic acids is 1. The highest BCUT2D eigenvalue weighted by molar-refractivity contribution is 6.00. The van der Waals surface area contributed by atoms with Crippen molar-refractivity contribution in [1.82, 2.24) is 19.1 Å². The van der Waals surface area contributed by atoms with Crippen LogP contribution in [0, 0.1) is 11.8 Å². The van der Waals surface area contributed by atoms with E-state index in [9.17, 15) is 4.79 Å². The Labute approximate surface area is 133 Å². The molecule has 0 bridgehead atoms. The number of hydrogen-bond acceptors (Lipinski definition) is 3. The number of imidazole rings is 1. The van der Waals surface area contributed by atoms with Crippen LogP contribution >= 0.6 is 0 Å². The molecule has 3 aromatic heterocycles. The Balaban J connectivity index is 2.03. The Morgan fingerprint density at radius 1 is 1.30 bits per heavy atom. The smallest absolute Gasteiger partial charge is 0.247 e. The molecule has 3 heterocycles. The van der Waals surface area contributed by atoms with Gasteiger partial charge in [-0.2, -0.15) is 0 Å². The highest BCUT2D eigenvalue weighted by Gasteiger charge is 2.08. The monoisotopic (exact) mass is 305 g/mol. The minimum absolute atomic E-state index is 0.275. The maximum atomic E-state index is 11.4. The quantitative estimate of drug-likeness (QED) is 0.580. The average molecular weight is 305 g/mol. The largest absolute Gasteiger partial charge is 0.339 e. The van der Waals surface area contributed by atoms with Crippen molar-refractivity contribution >= 4 is 22.6 Å². The van der Waals surface area contributed by atoms with Crippen molar-refractivity contribution in [3.8, 4) is 11.8 Å². The molecule has 0 aliphatic carbocycles. The van der Waals surface area contributed by atoms with E-state index in [0.717, 1.165) is 16.6 Å². The Morgan fingerprint density at radius 2 is 2.13 bits per heavy atom. The number of hydrogen-bond donors (Lipinski definition) is 1. The van der Waals surface area contributed by atoms with Crippen LogP contribution in [0.1, 0.15) is 11.3 Å². The zero-order valence-corrected chi connectivity index (χ0v) is 12.9. The van der Waals surface area contributed by atoms with E-state index in [1.54, 1.807) is 12.5 Å². The van der Waals surface area contributed by atoms with E-state index in [0.29, 0.717) is 11.4 Å². The topological polar surface area (TPSA) is 64.7 Å². The fraction of sp³-hybridized carbons (Fsp3) is 0.118. The highest BCUT2D eigenvalue weighted by atomic mass is 16.1. The lowest BCUT2D eigenvalue weighted by atomic mass is 10.2. The molecule has 3 rings (SSSR count). The first-order chi connectivity index (χ1) is 11.1. The summed E-state index contributed by atoms with van der Waals surface area (Å²) in [6.07, 6.45) is 8.30. The van der Waals surface area contributed by atoms with Gasteiger partial charge in [0, 0.05) is 31.9 Å². The minimum Gasteiger partial charge on any atom is -0.339 e. The van der Waals surface area contributed by atoms with Crippen molar-refractivity contribution in [1.29, 1.82) is 0 Å². The number of nitrogens with zero attached hydrogens (tertiary/aromatic N) is 4. The van der Waals surface area contributed by atoms with Crippen LogP contribution in [-0.4, -0.2) is 25.0 Å². The van der Waals surface area contributed by atoms with E-state index < -0.39 is 0 Å². The molecule has 114 valence electrons. The van der Waals surface area contributed by atoms with E-state index in [4.69, 9.17) is 0 Å². The van der Waals surface area contributed by atoms with Crippen LogP contribution in [0.15, 0.2) is 43.6 Å². The van der Waals surface area contributed by atoms with E-state index >= 15 is 0 Å². The van der Waals surface area contributed by atoms with Gasteiger partial charge in [0.2, 0.25) is 5.91 Å². The Hall–Kier alpha value is -3.33. The van der Waals surface area contributed by atoms with E-state index in [1.807, 2.05) is 41.7 Å². The van der Waals surface area contributed by atoms with E-state index in [2.05, 4.69) is 33.7 Å². The Kier molecular flexibility index (Phi) is 3.69. The number of pyridine rings is 1. The van der Waals surface area contributed by atoms with Crippen LogP contribution in [0.5, 0.6) is 0 Å². The summed E-state index contributed by atoms with van der Waals surface area (Å²) in [5, 5.41) is 3.58. The van der Waals surface area contributed by atoms with Crippen LogP contribution in [-0.2, 0) is 18.9 Å². The van der Waals surface area contributed by atoms with E-state index in [1.165, 1.54) is 6.08 Å². The minimum atomic E-state index is -0.275. The van der Waals surface area contributed by atoms with Gasteiger partial charge < -0.3 is 14.5 Å². The number of anilines is 1. The van der Waals surface area contributed by atoms with Gasteiger partial charge in [-0.1, -0.05) is 12.5 Å². The number of rotatable bonds is 2. The third-order valence-electron chi connectivity index (χ3n) is 3.30. The lowest BCUT2D eigenvalue weighted by Gasteiger charge is -2.02. The van der Waals surface area contributed by atoms with Crippen LogP contribution in [0.2, 0.25) is 0 Å². The molecule has 6 heteroatoms. The first-order valence-electron chi connectivity index (χ1n) is 6.95. The maximum absolute atomic E-state index is 11.4. The summed E-state index contributed by atoms with van der Waals surface area (Å²) in [5.41, 5.74) is 2.94. The standard InChI is InChI=1S/C17H15N5O/c1-4-16(23)20-14-7-15-12(9-22(3)17(15)18-8-14)5-6-13-10-21(2)11-19-13/h4,7-11H,1H2,2-3H3,(H,20,23). The van der Waals surface area contributed by atoms with Crippen molar-refractivity contribution in [2.75, 3.05) is 5.32 Å². The van der Waals surface area contributed by atoms with Gasteiger partial charge in [0.15, 0.2) is 0 Å². The average Bonchev–Trinajstić information content (AvgIpc) is 3.09. The number of fused-ring (bicyclic) bond motifs is 1. The SMILES string of the molecule is C=CC(=O)Nc1cnc2c(c1)c(C#Cc1cn(C)cn1)cn2C. The molecule has 0 aliphatic rings. The highest BCUT2D eigenvalue weighted by Crippen LogP contribution is 2.21. The Bertz CT molecular complexity index is 968. The van der Waals surface area contributed by atoms with Crippen LogP contribution in [0.4, 0.5) is 5.69 Å². The summed E-state index contributed by atoms with van der Waals surface area (Å²) in [5.74, 6) is 5.87. The maximum Gasteiger partial charge on any atom is 0.247 e. The molecule has 6 nitrogen and oxygen atoms in total. The van der Waals surface area contributed by atoms with Gasteiger partial charge in [0.25, 0.3) is 0 Å². The molecule has 3 aromatic rings. The predicted molar refractivity (Wildman–Crippen MR) is 88.7 cm³/mol. The molecule has 0 unspecified atom stereocenters. The number of aryl methyl sites for hydroxylation is 2. The van der Waals surface area contributed by atoms with Gasteiger partial charge in [0.05, 0.1) is 23.8 Å². The van der Waals surface area contributed by atoms with Gasteiger partial charge in [-0.15, -0.1) is 0 Å². The molecule has 0 aromatic carbocycles. The summed E-state index contributed by atoms with van der Waals surface area (Å²) in [6, 6.07) is 1.85. The number of nitrogens with one attached hydrogen (secondary N) is 1. The fourth-order valence-corrected chi connectivity index (χ4v) is 2.23. The van der Waals surface area contributed by atoms with Gasteiger partial charge in [-0.05, 0) is 18.1 Å². The van der Waals surface area contributed by atoms with Crippen LogP contribution < -0.4 is 5.32 Å². The molecule has 23 heavy (non-hydrogen) atoms. The molecule has 1 N–H and O–H groups in total. The second kappa shape index (κ2) is 5.81. The number of amides is 1. The van der Waals surface area contributed by atoms with Crippen molar-refractivity contribution < 1.29 is 4.79 Å². The Morgan fingerprint density at radius 3 is 2.83 bits per heavy atom. The fourth-order valence-electron chi connectivity index (χ4n) is 2.23. The summed E-state index contributed by atoms with van der Waals surface area (Å²) < 4.78 is 3.74. The zero-order valence-electron chi connectivity index (χ0n) is 12.9. The predicted octanol–water partition coefficient (Wildman–Crippen LogP) is 1.83. The second-order valence-corrected chi connectivity index (χ2v) is 5.12. The van der Waals surface area contributed by atoms with Crippen molar-refractivity contribution in [3.05, 3.63) is 54.9 Å². The van der Waals surface area contributed by atoms with Gasteiger partial charge >= 0.3 is 0 Å². The summed E-state index contributed by atoms with van der Waals surface area (Å²) in [7, 11) is 3.80. The van der Waals surface area contributed by atoms with Crippen molar-refractivity contribution in [3.63, 3.8) is 0 Å². The van der Waals surface area contributed by atoms with Crippen molar-refractivity contribution in [2.24, 2.45) is 14.1 Å². The molecule has 0 radical (unpaired) electrons. The molecule has 0 saturated carbocycles. The third kappa shape index (κ3) is 2.99. The third-order valence-corrected chi connectivity index (χ3v) is 3.30. The molecule has 0 spiro atoms. The molecule has 0 fully saturated rings.